The van der Waals surface area contributed by atoms with Crippen LogP contribution in [0.15, 0.2) is 0 Å². The maximum absolute atomic E-state index is 6.47. The van der Waals surface area contributed by atoms with Gasteiger partial charge in [-0.15, -0.1) is 0 Å². The van der Waals surface area contributed by atoms with Crippen molar-refractivity contribution < 1.29 is 0 Å². The lowest BCUT2D eigenvalue weighted by atomic mass is 9.74. The second kappa shape index (κ2) is 7.24. The van der Waals surface area contributed by atoms with Crippen LogP contribution < -0.4 is 11.5 Å². The number of hydrogen-bond donors (Lipinski definition) is 2. The zero-order valence-electron chi connectivity index (χ0n) is 11.1. The van der Waals surface area contributed by atoms with Crippen molar-refractivity contribution in [1.29, 1.82) is 0 Å². The summed E-state index contributed by atoms with van der Waals surface area (Å²) in [4.78, 5) is 0. The van der Waals surface area contributed by atoms with Gasteiger partial charge in [0.15, 0.2) is 0 Å². The van der Waals surface area contributed by atoms with Crippen LogP contribution in [0.2, 0.25) is 0 Å². The summed E-state index contributed by atoms with van der Waals surface area (Å²) in [6, 6.07) is 0. The normalized spacial score (nSPS) is 12.8. The molecule has 0 aromatic rings. The van der Waals surface area contributed by atoms with Crippen molar-refractivity contribution in [1.82, 2.24) is 0 Å². The highest BCUT2D eigenvalue weighted by Crippen LogP contribution is 2.29. The lowest BCUT2D eigenvalue weighted by molar-refractivity contribution is 0.201. The predicted molar refractivity (Wildman–Crippen MR) is 68.7 cm³/mol. The van der Waals surface area contributed by atoms with Gasteiger partial charge in [0.1, 0.15) is 0 Å². The van der Waals surface area contributed by atoms with E-state index in [0.29, 0.717) is 11.8 Å². The van der Waals surface area contributed by atoms with Gasteiger partial charge in [-0.05, 0) is 31.2 Å². The third-order valence-electron chi connectivity index (χ3n) is 3.71. The molecule has 0 aliphatic rings. The highest BCUT2D eigenvalue weighted by Gasteiger charge is 2.31. The van der Waals surface area contributed by atoms with Crippen molar-refractivity contribution in [2.45, 2.75) is 65.3 Å². The molecule has 0 spiro atoms. The largest absolute Gasteiger partial charge is 0.330 e. The molecule has 2 heteroatoms. The van der Waals surface area contributed by atoms with E-state index < -0.39 is 0 Å². The minimum atomic E-state index is 0.0166. The third kappa shape index (κ3) is 4.98. The van der Waals surface area contributed by atoms with Gasteiger partial charge >= 0.3 is 0 Å². The van der Waals surface area contributed by atoms with Gasteiger partial charge < -0.3 is 11.5 Å². The second-order valence-electron chi connectivity index (χ2n) is 5.37. The summed E-state index contributed by atoms with van der Waals surface area (Å²) in [7, 11) is 0. The molecule has 92 valence electrons. The third-order valence-corrected chi connectivity index (χ3v) is 3.71. The summed E-state index contributed by atoms with van der Waals surface area (Å²) in [5, 5.41) is 0. The zero-order valence-corrected chi connectivity index (χ0v) is 11.1. The summed E-state index contributed by atoms with van der Waals surface area (Å²) >= 11 is 0. The van der Waals surface area contributed by atoms with Crippen LogP contribution in [0.5, 0.6) is 0 Å². The quantitative estimate of drug-likeness (QED) is 0.610. The van der Waals surface area contributed by atoms with Crippen molar-refractivity contribution in [3.8, 4) is 0 Å². The Hall–Kier alpha value is -0.0800. The second-order valence-corrected chi connectivity index (χ2v) is 5.37. The fourth-order valence-electron chi connectivity index (χ4n) is 2.17. The molecule has 0 fully saturated rings. The Morgan fingerprint density at radius 1 is 0.867 bits per heavy atom. The molecule has 0 aromatic heterocycles. The average Bonchev–Trinajstić information content (AvgIpc) is 2.16. The summed E-state index contributed by atoms with van der Waals surface area (Å²) in [5.74, 6) is 1.12. The lowest BCUT2D eigenvalue weighted by Gasteiger charge is -2.38. The first-order chi connectivity index (χ1) is 6.95. The molecule has 0 unspecified atom stereocenters. The predicted octanol–water partition coefficient (Wildman–Crippen LogP) is 2.91. The van der Waals surface area contributed by atoms with Gasteiger partial charge in [0.05, 0.1) is 0 Å². The van der Waals surface area contributed by atoms with Crippen LogP contribution >= 0.6 is 0 Å². The first kappa shape index (κ1) is 14.9. The molecular formula is C13H30N2. The zero-order chi connectivity index (χ0) is 11.9. The number of nitrogens with two attached hydrogens (primary N) is 2. The van der Waals surface area contributed by atoms with E-state index in [-0.39, 0.29) is 5.54 Å². The molecule has 0 saturated carbocycles. The van der Waals surface area contributed by atoms with Crippen LogP contribution in [-0.4, -0.2) is 12.1 Å². The monoisotopic (exact) mass is 214 g/mol. The van der Waals surface area contributed by atoms with E-state index in [0.717, 1.165) is 19.4 Å². The Bertz CT molecular complexity index is 145. The SMILES string of the molecule is CC(C)C(N)(CCCCCCN)C(C)C. The van der Waals surface area contributed by atoms with E-state index in [2.05, 4.69) is 27.7 Å². The maximum atomic E-state index is 6.47. The topological polar surface area (TPSA) is 52.0 Å². The molecule has 0 atom stereocenters. The smallest absolute Gasteiger partial charge is 0.0200 e. The fourth-order valence-corrected chi connectivity index (χ4v) is 2.17. The number of hydrogen-bond acceptors (Lipinski definition) is 2. The standard InChI is InChI=1S/C13H30N2/c1-11(2)13(15,12(3)4)9-7-5-6-8-10-14/h11-12H,5-10,14-15H2,1-4H3. The highest BCUT2D eigenvalue weighted by molar-refractivity contribution is 4.90. The van der Waals surface area contributed by atoms with Crippen molar-refractivity contribution in [2.75, 3.05) is 6.54 Å². The van der Waals surface area contributed by atoms with Gasteiger partial charge in [0.25, 0.3) is 0 Å². The van der Waals surface area contributed by atoms with Crippen LogP contribution in [0.4, 0.5) is 0 Å². The van der Waals surface area contributed by atoms with Gasteiger partial charge in [-0.2, -0.15) is 0 Å². The van der Waals surface area contributed by atoms with E-state index in [1.807, 2.05) is 0 Å². The van der Waals surface area contributed by atoms with Gasteiger partial charge in [-0.25, -0.2) is 0 Å². The minimum absolute atomic E-state index is 0.0166. The lowest BCUT2D eigenvalue weighted by Crippen LogP contribution is -2.49. The fraction of sp³-hybridized carbons (Fsp3) is 1.00. The van der Waals surface area contributed by atoms with E-state index >= 15 is 0 Å². The van der Waals surface area contributed by atoms with E-state index in [1.165, 1.54) is 19.3 Å². The highest BCUT2D eigenvalue weighted by atomic mass is 14.8. The van der Waals surface area contributed by atoms with Gasteiger partial charge in [0.2, 0.25) is 0 Å². The summed E-state index contributed by atoms with van der Waals surface area (Å²) < 4.78 is 0. The molecule has 0 radical (unpaired) electrons. The summed E-state index contributed by atoms with van der Waals surface area (Å²) in [6.07, 6.45) is 6.07. The van der Waals surface area contributed by atoms with Crippen LogP contribution in [0.25, 0.3) is 0 Å². The van der Waals surface area contributed by atoms with Gasteiger partial charge in [-0.1, -0.05) is 47.0 Å². The molecule has 4 N–H and O–H groups in total. The Balaban J connectivity index is 3.88. The van der Waals surface area contributed by atoms with Crippen LogP contribution in [-0.2, 0) is 0 Å². The Morgan fingerprint density at radius 3 is 1.73 bits per heavy atom. The summed E-state index contributed by atoms with van der Waals surface area (Å²) in [6.45, 7) is 9.77. The number of rotatable bonds is 8. The molecule has 15 heavy (non-hydrogen) atoms. The molecule has 0 aliphatic heterocycles. The van der Waals surface area contributed by atoms with Crippen LogP contribution in [0.1, 0.15) is 59.8 Å². The van der Waals surface area contributed by atoms with E-state index in [1.54, 1.807) is 0 Å². The molecule has 0 heterocycles. The minimum Gasteiger partial charge on any atom is -0.330 e. The van der Waals surface area contributed by atoms with Gasteiger partial charge in [-0.3, -0.25) is 0 Å². The van der Waals surface area contributed by atoms with Crippen molar-refractivity contribution >= 4 is 0 Å². The van der Waals surface area contributed by atoms with Gasteiger partial charge in [0, 0.05) is 5.54 Å². The molecule has 0 aromatic carbocycles. The molecule has 0 aliphatic carbocycles. The first-order valence-electron chi connectivity index (χ1n) is 6.44. The van der Waals surface area contributed by atoms with Crippen LogP contribution in [0.3, 0.4) is 0 Å². The molecular weight excluding hydrogens is 184 g/mol. The van der Waals surface area contributed by atoms with Crippen molar-refractivity contribution in [3.63, 3.8) is 0 Å². The average molecular weight is 214 g/mol. The molecule has 0 amide bonds. The van der Waals surface area contributed by atoms with E-state index in [9.17, 15) is 0 Å². The van der Waals surface area contributed by atoms with Crippen molar-refractivity contribution in [3.05, 3.63) is 0 Å². The van der Waals surface area contributed by atoms with Crippen LogP contribution in [0, 0.1) is 11.8 Å². The van der Waals surface area contributed by atoms with Crippen molar-refractivity contribution in [2.24, 2.45) is 23.3 Å². The molecule has 0 saturated heterocycles. The molecule has 0 rings (SSSR count). The maximum Gasteiger partial charge on any atom is 0.0200 e. The Labute approximate surface area is 95.8 Å². The molecule has 0 bridgehead atoms. The first-order valence-corrected chi connectivity index (χ1v) is 6.44. The summed E-state index contributed by atoms with van der Waals surface area (Å²) in [5.41, 5.74) is 12.0. The Morgan fingerprint density at radius 2 is 1.33 bits per heavy atom. The van der Waals surface area contributed by atoms with E-state index in [4.69, 9.17) is 11.5 Å². The Kier molecular flexibility index (Phi) is 7.20. The number of unbranched alkanes of at least 4 members (excludes halogenated alkanes) is 3. The molecule has 2 nitrogen and oxygen atoms in total.